The van der Waals surface area contributed by atoms with Crippen LogP contribution in [-0.4, -0.2) is 62.2 Å². The lowest BCUT2D eigenvalue weighted by atomic mass is 10.1. The highest BCUT2D eigenvalue weighted by molar-refractivity contribution is 9.10. The van der Waals surface area contributed by atoms with Gasteiger partial charge in [-0.3, -0.25) is 9.59 Å². The predicted molar refractivity (Wildman–Crippen MR) is 95.8 cm³/mol. The fourth-order valence-corrected chi connectivity index (χ4v) is 4.05. The molecule has 1 atom stereocenters. The van der Waals surface area contributed by atoms with Crippen LogP contribution in [0.5, 0.6) is 11.5 Å². The molecular formula is C16H20BrNO5S. The van der Waals surface area contributed by atoms with Gasteiger partial charge in [0.2, 0.25) is 5.91 Å². The predicted octanol–water partition coefficient (Wildman–Crippen LogP) is 2.13. The summed E-state index contributed by atoms with van der Waals surface area (Å²) in [6.07, 6.45) is 0.222. The van der Waals surface area contributed by atoms with E-state index in [2.05, 4.69) is 15.9 Å². The van der Waals surface area contributed by atoms with Crippen LogP contribution >= 0.6 is 27.7 Å². The Morgan fingerprint density at radius 3 is 2.54 bits per heavy atom. The number of thioether (sulfide) groups is 1. The molecule has 6 nitrogen and oxygen atoms in total. The lowest BCUT2D eigenvalue weighted by Gasteiger charge is -2.31. The molecule has 0 aliphatic carbocycles. The van der Waals surface area contributed by atoms with Crippen LogP contribution in [0.3, 0.4) is 0 Å². The summed E-state index contributed by atoms with van der Waals surface area (Å²) in [5.74, 6) is 1.58. The topological polar surface area (TPSA) is 65.1 Å². The molecule has 1 heterocycles. The molecule has 1 aliphatic rings. The SMILES string of the molecule is COC(=O)[C@@H]1CN(C(=O)Cc2cc(OC)c(OC)cc2Br)CCS1. The van der Waals surface area contributed by atoms with Gasteiger partial charge in [-0.15, -0.1) is 11.8 Å². The molecule has 1 aliphatic heterocycles. The average molecular weight is 418 g/mol. The zero-order valence-electron chi connectivity index (χ0n) is 13.8. The molecule has 0 unspecified atom stereocenters. The smallest absolute Gasteiger partial charge is 0.320 e. The number of rotatable bonds is 5. The van der Waals surface area contributed by atoms with Crippen molar-refractivity contribution in [2.24, 2.45) is 0 Å². The molecule has 2 rings (SSSR count). The highest BCUT2D eigenvalue weighted by atomic mass is 79.9. The van der Waals surface area contributed by atoms with Crippen LogP contribution in [0.1, 0.15) is 5.56 Å². The number of amides is 1. The number of hydrogen-bond acceptors (Lipinski definition) is 6. The first-order valence-electron chi connectivity index (χ1n) is 7.37. The maximum Gasteiger partial charge on any atom is 0.320 e. The third-order valence-electron chi connectivity index (χ3n) is 3.78. The highest BCUT2D eigenvalue weighted by Gasteiger charge is 2.29. The van der Waals surface area contributed by atoms with Crippen LogP contribution < -0.4 is 9.47 Å². The van der Waals surface area contributed by atoms with Crippen LogP contribution in [0.15, 0.2) is 16.6 Å². The van der Waals surface area contributed by atoms with Crippen LogP contribution in [0.25, 0.3) is 0 Å². The number of carbonyl (C=O) groups is 2. The number of esters is 1. The summed E-state index contributed by atoms with van der Waals surface area (Å²) < 4.78 is 16.1. The summed E-state index contributed by atoms with van der Waals surface area (Å²) in [7, 11) is 4.48. The number of nitrogens with zero attached hydrogens (tertiary/aromatic N) is 1. The van der Waals surface area contributed by atoms with Crippen molar-refractivity contribution in [3.63, 3.8) is 0 Å². The van der Waals surface area contributed by atoms with Crippen LogP contribution in [0.2, 0.25) is 0 Å². The van der Waals surface area contributed by atoms with Gasteiger partial charge in [0, 0.05) is 23.3 Å². The molecule has 0 saturated carbocycles. The lowest BCUT2D eigenvalue weighted by molar-refractivity contribution is -0.141. The number of benzene rings is 1. The van der Waals surface area contributed by atoms with E-state index in [0.29, 0.717) is 24.6 Å². The van der Waals surface area contributed by atoms with Crippen molar-refractivity contribution >= 4 is 39.6 Å². The van der Waals surface area contributed by atoms with Gasteiger partial charge >= 0.3 is 5.97 Å². The van der Waals surface area contributed by atoms with Gasteiger partial charge in [-0.05, 0) is 17.7 Å². The molecule has 1 saturated heterocycles. The molecule has 132 valence electrons. The monoisotopic (exact) mass is 417 g/mol. The summed E-state index contributed by atoms with van der Waals surface area (Å²) in [6, 6.07) is 3.57. The van der Waals surface area contributed by atoms with Gasteiger partial charge in [-0.25, -0.2) is 0 Å². The molecule has 1 amide bonds. The number of ether oxygens (including phenoxy) is 3. The van der Waals surface area contributed by atoms with Crippen molar-refractivity contribution < 1.29 is 23.8 Å². The third kappa shape index (κ3) is 4.36. The molecule has 0 radical (unpaired) electrons. The Morgan fingerprint density at radius 1 is 1.25 bits per heavy atom. The Hall–Kier alpha value is -1.41. The molecule has 0 N–H and O–H groups in total. The first-order chi connectivity index (χ1) is 11.5. The summed E-state index contributed by atoms with van der Waals surface area (Å²) in [5.41, 5.74) is 0.811. The largest absolute Gasteiger partial charge is 0.493 e. The molecule has 0 bridgehead atoms. The molecule has 1 aromatic carbocycles. The van der Waals surface area contributed by atoms with Crippen molar-refractivity contribution in [2.45, 2.75) is 11.7 Å². The van der Waals surface area contributed by atoms with Crippen molar-refractivity contribution in [1.29, 1.82) is 0 Å². The summed E-state index contributed by atoms with van der Waals surface area (Å²) >= 11 is 4.99. The lowest BCUT2D eigenvalue weighted by Crippen LogP contribution is -2.45. The van der Waals surface area contributed by atoms with E-state index in [0.717, 1.165) is 15.8 Å². The number of methoxy groups -OCH3 is 3. The molecule has 0 spiro atoms. The maximum absolute atomic E-state index is 12.6. The molecular weight excluding hydrogens is 398 g/mol. The quantitative estimate of drug-likeness (QED) is 0.683. The van der Waals surface area contributed by atoms with Gasteiger partial charge < -0.3 is 19.1 Å². The second kappa shape index (κ2) is 8.62. The molecule has 1 aromatic rings. The number of carbonyl (C=O) groups excluding carboxylic acids is 2. The first-order valence-corrected chi connectivity index (χ1v) is 9.22. The minimum atomic E-state index is -0.318. The first kappa shape index (κ1) is 18.9. The zero-order valence-corrected chi connectivity index (χ0v) is 16.2. The van der Waals surface area contributed by atoms with Crippen LogP contribution in [0, 0.1) is 0 Å². The molecule has 8 heteroatoms. The Balaban J connectivity index is 2.10. The van der Waals surface area contributed by atoms with Gasteiger partial charge in [0.05, 0.1) is 27.8 Å². The van der Waals surface area contributed by atoms with Crippen molar-refractivity contribution in [1.82, 2.24) is 4.90 Å². The standard InChI is InChI=1S/C16H20BrNO5S/c1-21-12-6-10(11(17)8-13(12)22-2)7-15(19)18-4-5-24-14(9-18)16(20)23-3/h6,8,14H,4-5,7,9H2,1-3H3/t14-/m0/s1. The van der Waals surface area contributed by atoms with E-state index in [1.807, 2.05) is 0 Å². The minimum absolute atomic E-state index is 0.0304. The van der Waals surface area contributed by atoms with Gasteiger partial charge in [0.15, 0.2) is 11.5 Å². The van der Waals surface area contributed by atoms with Gasteiger partial charge in [0.25, 0.3) is 0 Å². The maximum atomic E-state index is 12.6. The Bertz CT molecular complexity index is 625. The van der Waals surface area contributed by atoms with Crippen LogP contribution in [0.4, 0.5) is 0 Å². The van der Waals surface area contributed by atoms with E-state index < -0.39 is 0 Å². The zero-order chi connectivity index (χ0) is 17.7. The van der Waals surface area contributed by atoms with Crippen molar-refractivity contribution in [2.75, 3.05) is 40.2 Å². The fraction of sp³-hybridized carbons (Fsp3) is 0.500. The molecule has 0 aromatic heterocycles. The van der Waals surface area contributed by atoms with E-state index >= 15 is 0 Å². The fourth-order valence-electron chi connectivity index (χ4n) is 2.46. The average Bonchev–Trinajstić information content (AvgIpc) is 2.62. The Morgan fingerprint density at radius 2 is 1.92 bits per heavy atom. The van der Waals surface area contributed by atoms with Gasteiger partial charge in [-0.1, -0.05) is 15.9 Å². The van der Waals surface area contributed by atoms with E-state index in [4.69, 9.17) is 14.2 Å². The summed E-state index contributed by atoms with van der Waals surface area (Å²) in [6.45, 7) is 1.00. The summed E-state index contributed by atoms with van der Waals surface area (Å²) in [5, 5.41) is -0.318. The van der Waals surface area contributed by atoms with Crippen molar-refractivity contribution in [3.05, 3.63) is 22.2 Å². The second-order valence-corrected chi connectivity index (χ2v) is 7.36. The minimum Gasteiger partial charge on any atom is -0.493 e. The Labute approximate surface area is 153 Å². The number of hydrogen-bond donors (Lipinski definition) is 0. The van der Waals surface area contributed by atoms with E-state index in [-0.39, 0.29) is 23.5 Å². The van der Waals surface area contributed by atoms with E-state index in [9.17, 15) is 9.59 Å². The van der Waals surface area contributed by atoms with E-state index in [1.54, 1.807) is 31.3 Å². The normalized spacial score (nSPS) is 17.3. The molecule has 1 fully saturated rings. The van der Waals surface area contributed by atoms with Gasteiger partial charge in [-0.2, -0.15) is 0 Å². The van der Waals surface area contributed by atoms with Gasteiger partial charge in [0.1, 0.15) is 5.25 Å². The Kier molecular flexibility index (Phi) is 6.79. The van der Waals surface area contributed by atoms with Crippen LogP contribution in [-0.2, 0) is 20.7 Å². The summed E-state index contributed by atoms with van der Waals surface area (Å²) in [4.78, 5) is 26.0. The highest BCUT2D eigenvalue weighted by Crippen LogP contribution is 2.34. The number of halogens is 1. The third-order valence-corrected chi connectivity index (χ3v) is 5.68. The van der Waals surface area contributed by atoms with Crippen molar-refractivity contribution in [3.8, 4) is 11.5 Å². The second-order valence-electron chi connectivity index (χ2n) is 5.20. The van der Waals surface area contributed by atoms with E-state index in [1.165, 1.54) is 18.9 Å². The molecule has 24 heavy (non-hydrogen) atoms.